The van der Waals surface area contributed by atoms with Gasteiger partial charge < -0.3 is 15.8 Å². The summed E-state index contributed by atoms with van der Waals surface area (Å²) in [6.07, 6.45) is 3.70. The van der Waals surface area contributed by atoms with Crippen LogP contribution in [0.5, 0.6) is 0 Å². The molecule has 0 aliphatic carbocycles. The van der Waals surface area contributed by atoms with Crippen molar-refractivity contribution in [3.63, 3.8) is 0 Å². The van der Waals surface area contributed by atoms with Crippen LogP contribution in [0, 0.1) is 18.8 Å². The molecule has 1 aliphatic heterocycles. The van der Waals surface area contributed by atoms with Crippen LogP contribution >= 0.6 is 0 Å². The van der Waals surface area contributed by atoms with Crippen LogP contribution in [0.1, 0.15) is 36.8 Å². The van der Waals surface area contributed by atoms with Gasteiger partial charge >= 0.3 is 0 Å². The van der Waals surface area contributed by atoms with Crippen molar-refractivity contribution < 1.29 is 9.53 Å². The van der Waals surface area contributed by atoms with E-state index in [2.05, 4.69) is 17.2 Å². The van der Waals surface area contributed by atoms with Crippen molar-refractivity contribution in [2.24, 2.45) is 5.73 Å². The first-order chi connectivity index (χ1) is 10.2. The van der Waals surface area contributed by atoms with Crippen LogP contribution < -0.4 is 11.1 Å². The highest BCUT2D eigenvalue weighted by Gasteiger charge is 2.17. The summed E-state index contributed by atoms with van der Waals surface area (Å²) in [4.78, 5) is 12.1. The lowest BCUT2D eigenvalue weighted by atomic mass is 10.1. The SMILES string of the molecule is Cc1cc(C#CCN)ccc1NC(=O)CC1CCCCO1. The van der Waals surface area contributed by atoms with Crippen molar-refractivity contribution in [1.29, 1.82) is 0 Å². The Balaban J connectivity index is 1.94. The van der Waals surface area contributed by atoms with E-state index in [0.29, 0.717) is 13.0 Å². The molecule has 1 heterocycles. The lowest BCUT2D eigenvalue weighted by Crippen LogP contribution is -2.25. The molecule has 1 aromatic rings. The Morgan fingerprint density at radius 1 is 1.48 bits per heavy atom. The van der Waals surface area contributed by atoms with E-state index < -0.39 is 0 Å². The van der Waals surface area contributed by atoms with Crippen molar-refractivity contribution in [1.82, 2.24) is 0 Å². The summed E-state index contributed by atoms with van der Waals surface area (Å²) in [6.45, 7) is 3.07. The van der Waals surface area contributed by atoms with Crippen LogP contribution in [-0.4, -0.2) is 25.2 Å². The molecule has 1 aliphatic rings. The fraction of sp³-hybridized carbons (Fsp3) is 0.471. The third-order valence-corrected chi connectivity index (χ3v) is 3.52. The minimum Gasteiger partial charge on any atom is -0.378 e. The quantitative estimate of drug-likeness (QED) is 0.837. The molecule has 0 spiro atoms. The second-order valence-electron chi connectivity index (χ2n) is 5.28. The summed E-state index contributed by atoms with van der Waals surface area (Å²) in [7, 11) is 0. The maximum absolute atomic E-state index is 12.1. The van der Waals surface area contributed by atoms with Gasteiger partial charge in [0, 0.05) is 17.9 Å². The Morgan fingerprint density at radius 3 is 3.00 bits per heavy atom. The number of aryl methyl sites for hydroxylation is 1. The molecular formula is C17H22N2O2. The molecule has 0 aromatic heterocycles. The monoisotopic (exact) mass is 286 g/mol. The molecule has 2 rings (SSSR count). The largest absolute Gasteiger partial charge is 0.378 e. The first-order valence-electron chi connectivity index (χ1n) is 7.40. The summed E-state index contributed by atoms with van der Waals surface area (Å²) in [5, 5.41) is 2.95. The van der Waals surface area contributed by atoms with Gasteiger partial charge in [-0.15, -0.1) is 0 Å². The van der Waals surface area contributed by atoms with Gasteiger partial charge in [0.2, 0.25) is 5.91 Å². The third-order valence-electron chi connectivity index (χ3n) is 3.52. The van der Waals surface area contributed by atoms with E-state index in [1.165, 1.54) is 0 Å². The molecule has 112 valence electrons. The summed E-state index contributed by atoms with van der Waals surface area (Å²) in [5.74, 6) is 5.81. The van der Waals surface area contributed by atoms with E-state index in [1.807, 2.05) is 25.1 Å². The van der Waals surface area contributed by atoms with E-state index in [1.54, 1.807) is 0 Å². The highest BCUT2D eigenvalue weighted by Crippen LogP contribution is 2.19. The first kappa shape index (κ1) is 15.6. The topological polar surface area (TPSA) is 64.3 Å². The summed E-state index contributed by atoms with van der Waals surface area (Å²) in [5.41, 5.74) is 8.09. The highest BCUT2D eigenvalue weighted by molar-refractivity contribution is 5.91. The minimum atomic E-state index is 0.00536. The molecule has 3 N–H and O–H groups in total. The molecule has 4 nitrogen and oxygen atoms in total. The van der Waals surface area contributed by atoms with Crippen LogP contribution in [0.25, 0.3) is 0 Å². The van der Waals surface area contributed by atoms with Crippen molar-refractivity contribution in [2.75, 3.05) is 18.5 Å². The Labute approximate surface area is 126 Å². The Morgan fingerprint density at radius 2 is 2.33 bits per heavy atom. The molecule has 21 heavy (non-hydrogen) atoms. The van der Waals surface area contributed by atoms with Crippen molar-refractivity contribution in [2.45, 2.75) is 38.7 Å². The third kappa shape index (κ3) is 4.89. The Kier molecular flexibility index (Phi) is 5.79. The number of anilines is 1. The fourth-order valence-corrected chi connectivity index (χ4v) is 2.41. The summed E-state index contributed by atoms with van der Waals surface area (Å²) < 4.78 is 5.59. The number of hydrogen-bond acceptors (Lipinski definition) is 3. The summed E-state index contributed by atoms with van der Waals surface area (Å²) >= 11 is 0. The molecule has 1 amide bonds. The Bertz CT molecular complexity index is 552. The molecule has 1 saturated heterocycles. The van der Waals surface area contributed by atoms with Gasteiger partial charge in [-0.05, 0) is 49.9 Å². The van der Waals surface area contributed by atoms with E-state index in [4.69, 9.17) is 10.5 Å². The van der Waals surface area contributed by atoms with Crippen LogP contribution in [0.3, 0.4) is 0 Å². The molecule has 1 unspecified atom stereocenters. The van der Waals surface area contributed by atoms with Crippen molar-refractivity contribution >= 4 is 11.6 Å². The number of hydrogen-bond donors (Lipinski definition) is 2. The zero-order valence-corrected chi connectivity index (χ0v) is 12.4. The predicted molar refractivity (Wildman–Crippen MR) is 83.9 cm³/mol. The van der Waals surface area contributed by atoms with Crippen LogP contribution in [0.15, 0.2) is 18.2 Å². The molecule has 0 radical (unpaired) electrons. The highest BCUT2D eigenvalue weighted by atomic mass is 16.5. The molecule has 1 atom stereocenters. The molecule has 0 bridgehead atoms. The first-order valence-corrected chi connectivity index (χ1v) is 7.40. The van der Waals surface area contributed by atoms with Gasteiger partial charge in [0.25, 0.3) is 0 Å². The number of nitrogens with two attached hydrogens (primary N) is 1. The van der Waals surface area contributed by atoms with Crippen molar-refractivity contribution in [3.8, 4) is 11.8 Å². The molecule has 1 aromatic carbocycles. The zero-order chi connectivity index (χ0) is 15.1. The number of amides is 1. The second-order valence-corrected chi connectivity index (χ2v) is 5.28. The van der Waals surface area contributed by atoms with Gasteiger partial charge in [0.05, 0.1) is 19.1 Å². The summed E-state index contributed by atoms with van der Waals surface area (Å²) in [6, 6.07) is 5.73. The minimum absolute atomic E-state index is 0.00536. The van der Waals surface area contributed by atoms with Crippen LogP contribution in [0.4, 0.5) is 5.69 Å². The van der Waals surface area contributed by atoms with Gasteiger partial charge in [-0.1, -0.05) is 11.8 Å². The number of benzene rings is 1. The average molecular weight is 286 g/mol. The number of carbonyl (C=O) groups is 1. The standard InChI is InChI=1S/C17H22N2O2/c1-13-11-14(5-4-9-18)7-8-16(13)19-17(20)12-15-6-2-3-10-21-15/h7-8,11,15H,2-3,6,9-10,12,18H2,1H3,(H,19,20). The number of ether oxygens (including phenoxy) is 1. The van der Waals surface area contributed by atoms with E-state index in [9.17, 15) is 4.79 Å². The molecule has 4 heteroatoms. The van der Waals surface area contributed by atoms with Gasteiger partial charge in [0.15, 0.2) is 0 Å². The van der Waals surface area contributed by atoms with Gasteiger partial charge in [0.1, 0.15) is 0 Å². The van der Waals surface area contributed by atoms with E-state index in [0.717, 1.165) is 42.7 Å². The Hall–Kier alpha value is -1.83. The average Bonchev–Trinajstić information content (AvgIpc) is 2.48. The zero-order valence-electron chi connectivity index (χ0n) is 12.4. The number of rotatable bonds is 3. The van der Waals surface area contributed by atoms with Gasteiger partial charge in [-0.25, -0.2) is 0 Å². The van der Waals surface area contributed by atoms with Gasteiger partial charge in [-0.3, -0.25) is 4.79 Å². The smallest absolute Gasteiger partial charge is 0.226 e. The lowest BCUT2D eigenvalue weighted by Gasteiger charge is -2.22. The van der Waals surface area contributed by atoms with Crippen LogP contribution in [-0.2, 0) is 9.53 Å². The molecule has 1 fully saturated rings. The maximum Gasteiger partial charge on any atom is 0.226 e. The number of carbonyl (C=O) groups excluding carboxylic acids is 1. The molecular weight excluding hydrogens is 264 g/mol. The maximum atomic E-state index is 12.1. The number of nitrogens with one attached hydrogen (secondary N) is 1. The van der Waals surface area contributed by atoms with E-state index >= 15 is 0 Å². The predicted octanol–water partition coefficient (Wildman–Crippen LogP) is 2.20. The van der Waals surface area contributed by atoms with Crippen molar-refractivity contribution in [3.05, 3.63) is 29.3 Å². The van der Waals surface area contributed by atoms with Gasteiger partial charge in [-0.2, -0.15) is 0 Å². The van der Waals surface area contributed by atoms with E-state index in [-0.39, 0.29) is 12.0 Å². The fourth-order valence-electron chi connectivity index (χ4n) is 2.41. The second kappa shape index (κ2) is 7.82. The normalized spacial score (nSPS) is 17.7. The molecule has 0 saturated carbocycles. The van der Waals surface area contributed by atoms with Crippen LogP contribution in [0.2, 0.25) is 0 Å². The lowest BCUT2D eigenvalue weighted by molar-refractivity contribution is -0.119.